The normalized spacial score (nSPS) is 16.6. The summed E-state index contributed by atoms with van der Waals surface area (Å²) in [4.78, 5) is 17.7. The van der Waals surface area contributed by atoms with Gasteiger partial charge in [0.25, 0.3) is 5.91 Å². The van der Waals surface area contributed by atoms with E-state index in [1.165, 1.54) is 0 Å². The number of nitrogens with zero attached hydrogens (tertiary/aromatic N) is 2. The molecule has 1 unspecified atom stereocenters. The van der Waals surface area contributed by atoms with Crippen LogP contribution in [0.25, 0.3) is 0 Å². The number of carbonyl (C=O) groups is 1. The predicted molar refractivity (Wildman–Crippen MR) is 103 cm³/mol. The van der Waals surface area contributed by atoms with Crippen molar-refractivity contribution in [2.24, 2.45) is 0 Å². The molecule has 1 amide bonds. The van der Waals surface area contributed by atoms with Crippen molar-refractivity contribution in [3.63, 3.8) is 0 Å². The van der Waals surface area contributed by atoms with Crippen LogP contribution in [0.5, 0.6) is 0 Å². The second-order valence-corrected chi connectivity index (χ2v) is 8.07. The Morgan fingerprint density at radius 1 is 1.12 bits per heavy atom. The maximum absolute atomic E-state index is 12.6. The van der Waals surface area contributed by atoms with Gasteiger partial charge >= 0.3 is 0 Å². The smallest absolute Gasteiger partial charge is 0.289 e. The van der Waals surface area contributed by atoms with Crippen molar-refractivity contribution in [1.82, 2.24) is 9.80 Å². The van der Waals surface area contributed by atoms with Crippen LogP contribution < -0.4 is 0 Å². The zero-order valence-electron chi connectivity index (χ0n) is 15.4. The number of carbonyl (C=O) groups excluding carboxylic acids is 1. The number of rotatable bonds is 6. The fourth-order valence-electron chi connectivity index (χ4n) is 3.24. The second-order valence-electron chi connectivity index (χ2n) is 6.66. The van der Waals surface area contributed by atoms with E-state index in [2.05, 4.69) is 11.8 Å². The summed E-state index contributed by atoms with van der Waals surface area (Å²) in [7, 11) is -1.18. The summed E-state index contributed by atoms with van der Waals surface area (Å²) in [5.74, 6) is 1.13. The third kappa shape index (κ3) is 4.43. The summed E-state index contributed by atoms with van der Waals surface area (Å²) in [6.45, 7) is 8.46. The van der Waals surface area contributed by atoms with E-state index < -0.39 is 10.8 Å². The molecule has 6 heteroatoms. The lowest BCUT2D eigenvalue weighted by Gasteiger charge is -2.34. The first kappa shape index (κ1) is 18.9. The van der Waals surface area contributed by atoms with Crippen molar-refractivity contribution in [3.05, 3.63) is 53.5 Å². The lowest BCUT2D eigenvalue weighted by Crippen LogP contribution is -2.48. The van der Waals surface area contributed by atoms with Crippen LogP contribution in [0.3, 0.4) is 0 Å². The SMILES string of the molecule is CCCN1CCN(C(=O)c2ccc(CS(=O)c3ccccc3C)o2)CC1. The van der Waals surface area contributed by atoms with Crippen molar-refractivity contribution in [2.75, 3.05) is 32.7 Å². The predicted octanol–water partition coefficient (Wildman–Crippen LogP) is 3.06. The first-order valence-electron chi connectivity index (χ1n) is 9.13. The van der Waals surface area contributed by atoms with Crippen molar-refractivity contribution in [2.45, 2.75) is 30.9 Å². The molecule has 26 heavy (non-hydrogen) atoms. The molecule has 0 radical (unpaired) electrons. The maximum atomic E-state index is 12.6. The topological polar surface area (TPSA) is 53.8 Å². The number of hydrogen-bond donors (Lipinski definition) is 0. The van der Waals surface area contributed by atoms with Crippen LogP contribution in [0.2, 0.25) is 0 Å². The van der Waals surface area contributed by atoms with Crippen molar-refractivity contribution in [1.29, 1.82) is 0 Å². The highest BCUT2D eigenvalue weighted by Gasteiger charge is 2.24. The Balaban J connectivity index is 1.60. The standard InChI is InChI=1S/C20H26N2O3S/c1-3-10-21-11-13-22(14-12-21)20(23)18-9-8-17(25-18)15-26(24)19-7-5-4-6-16(19)2/h4-9H,3,10-15H2,1-2H3. The van der Waals surface area contributed by atoms with Crippen LogP contribution >= 0.6 is 0 Å². The molecule has 3 rings (SSSR count). The van der Waals surface area contributed by atoms with E-state index in [1.54, 1.807) is 12.1 Å². The van der Waals surface area contributed by atoms with E-state index >= 15 is 0 Å². The molecule has 1 saturated heterocycles. The van der Waals surface area contributed by atoms with E-state index in [1.807, 2.05) is 36.1 Å². The molecular weight excluding hydrogens is 348 g/mol. The van der Waals surface area contributed by atoms with Gasteiger partial charge in [-0.25, -0.2) is 0 Å². The minimum atomic E-state index is -1.18. The lowest BCUT2D eigenvalue weighted by atomic mass is 10.2. The van der Waals surface area contributed by atoms with Gasteiger partial charge in [-0.1, -0.05) is 25.1 Å². The molecule has 1 aromatic carbocycles. The van der Waals surface area contributed by atoms with Crippen LogP contribution in [0.15, 0.2) is 45.7 Å². The minimum Gasteiger partial charge on any atom is -0.455 e. The zero-order valence-corrected chi connectivity index (χ0v) is 16.3. The summed E-state index contributed by atoms with van der Waals surface area (Å²) in [6.07, 6.45) is 1.13. The fourth-order valence-corrected chi connectivity index (χ4v) is 4.46. The van der Waals surface area contributed by atoms with E-state index in [0.717, 1.165) is 49.6 Å². The highest BCUT2D eigenvalue weighted by molar-refractivity contribution is 7.84. The van der Waals surface area contributed by atoms with E-state index in [9.17, 15) is 9.00 Å². The molecule has 140 valence electrons. The Kier molecular flexibility index (Phi) is 6.27. The summed E-state index contributed by atoms with van der Waals surface area (Å²) in [6, 6.07) is 11.1. The molecule has 1 aliphatic rings. The first-order valence-corrected chi connectivity index (χ1v) is 10.4. The van der Waals surface area contributed by atoms with Crippen LogP contribution in [0.4, 0.5) is 0 Å². The molecule has 0 spiro atoms. The summed E-state index contributed by atoms with van der Waals surface area (Å²) >= 11 is 0. The number of aryl methyl sites for hydroxylation is 1. The maximum Gasteiger partial charge on any atom is 0.289 e. The molecule has 5 nitrogen and oxygen atoms in total. The molecular formula is C20H26N2O3S. The van der Waals surface area contributed by atoms with Gasteiger partial charge in [0, 0.05) is 31.1 Å². The van der Waals surface area contributed by atoms with Gasteiger partial charge in [0.1, 0.15) is 5.76 Å². The highest BCUT2D eigenvalue weighted by Crippen LogP contribution is 2.19. The Morgan fingerprint density at radius 3 is 2.54 bits per heavy atom. The molecule has 2 heterocycles. The summed E-state index contributed by atoms with van der Waals surface area (Å²) < 4.78 is 18.3. The molecule has 0 bridgehead atoms. The molecule has 1 atom stereocenters. The first-order chi connectivity index (χ1) is 12.6. The number of amides is 1. The van der Waals surface area contributed by atoms with E-state index in [4.69, 9.17) is 4.42 Å². The Bertz CT molecular complexity index is 779. The van der Waals surface area contributed by atoms with Crippen LogP contribution in [0.1, 0.15) is 35.2 Å². The molecule has 1 aromatic heterocycles. The van der Waals surface area contributed by atoms with Gasteiger partial charge in [0.2, 0.25) is 0 Å². The number of furan rings is 1. The number of hydrogen-bond acceptors (Lipinski definition) is 4. The Hall–Kier alpha value is -1.92. The van der Waals surface area contributed by atoms with Crippen molar-refractivity contribution in [3.8, 4) is 0 Å². The van der Waals surface area contributed by atoms with Gasteiger partial charge in [0.15, 0.2) is 5.76 Å². The van der Waals surface area contributed by atoms with Gasteiger partial charge in [-0.05, 0) is 43.7 Å². The van der Waals surface area contributed by atoms with E-state index in [-0.39, 0.29) is 11.7 Å². The molecule has 0 aliphatic carbocycles. The van der Waals surface area contributed by atoms with Gasteiger partial charge in [-0.2, -0.15) is 0 Å². The quantitative estimate of drug-likeness (QED) is 0.780. The average molecular weight is 375 g/mol. The third-order valence-electron chi connectivity index (χ3n) is 4.68. The van der Waals surface area contributed by atoms with Crippen molar-refractivity contribution < 1.29 is 13.4 Å². The second kappa shape index (κ2) is 8.64. The fraction of sp³-hybridized carbons (Fsp3) is 0.450. The highest BCUT2D eigenvalue weighted by atomic mass is 32.2. The van der Waals surface area contributed by atoms with Crippen LogP contribution in [0, 0.1) is 6.92 Å². The molecule has 2 aromatic rings. The van der Waals surface area contributed by atoms with Gasteiger partial charge in [-0.15, -0.1) is 0 Å². The van der Waals surface area contributed by atoms with Crippen LogP contribution in [-0.4, -0.2) is 52.6 Å². The monoisotopic (exact) mass is 374 g/mol. The molecule has 0 saturated carbocycles. The number of benzene rings is 1. The van der Waals surface area contributed by atoms with Crippen molar-refractivity contribution >= 4 is 16.7 Å². The molecule has 1 aliphatic heterocycles. The largest absolute Gasteiger partial charge is 0.455 e. The summed E-state index contributed by atoms with van der Waals surface area (Å²) in [5.41, 5.74) is 0.999. The third-order valence-corrected chi connectivity index (χ3v) is 6.18. The molecule has 0 N–H and O–H groups in total. The molecule has 1 fully saturated rings. The van der Waals surface area contributed by atoms with Crippen LogP contribution in [-0.2, 0) is 16.6 Å². The zero-order chi connectivity index (χ0) is 18.5. The lowest BCUT2D eigenvalue weighted by molar-refractivity contribution is 0.0605. The average Bonchev–Trinajstić information content (AvgIpc) is 3.11. The van der Waals surface area contributed by atoms with Gasteiger partial charge in [0.05, 0.1) is 16.6 Å². The Labute approximate surface area is 157 Å². The van der Waals surface area contributed by atoms with E-state index in [0.29, 0.717) is 11.5 Å². The summed E-state index contributed by atoms with van der Waals surface area (Å²) in [5, 5.41) is 0. The minimum absolute atomic E-state index is 0.0749. The number of piperazine rings is 1. The van der Waals surface area contributed by atoms with Gasteiger partial charge < -0.3 is 9.32 Å². The Morgan fingerprint density at radius 2 is 1.85 bits per heavy atom. The van der Waals surface area contributed by atoms with Gasteiger partial charge in [-0.3, -0.25) is 13.9 Å².